The second kappa shape index (κ2) is 87.9. The zero-order valence-corrected chi connectivity index (χ0v) is 122. The van der Waals surface area contributed by atoms with E-state index in [0.717, 1.165) is 195 Å². The molecule has 13 fully saturated rings. The summed E-state index contributed by atoms with van der Waals surface area (Å²) in [6.45, 7) is 57.7. The van der Waals surface area contributed by atoms with Gasteiger partial charge in [0.1, 0.15) is 0 Å². The molecule has 146 heavy (non-hydrogen) atoms. The van der Waals surface area contributed by atoms with E-state index >= 15 is 0 Å². The molecule has 19 aliphatic rings. The van der Waals surface area contributed by atoms with Crippen LogP contribution < -0.4 is 0 Å². The minimum absolute atomic E-state index is 0. The summed E-state index contributed by atoms with van der Waals surface area (Å²) in [4.78, 5) is 5.23. The molecule has 0 amide bonds. The second-order valence-corrected chi connectivity index (χ2v) is 72.5. The molecule has 28 unspecified atom stereocenters. The van der Waals surface area contributed by atoms with Crippen LogP contribution in [0.1, 0.15) is 324 Å². The van der Waals surface area contributed by atoms with E-state index in [9.17, 15) is 0 Å². The molecule has 0 aromatic heterocycles. The summed E-state index contributed by atoms with van der Waals surface area (Å²) in [7, 11) is 57.6. The Morgan fingerprint density at radius 1 is 0.288 bits per heavy atom. The zero-order chi connectivity index (χ0) is 101. The van der Waals surface area contributed by atoms with Crippen molar-refractivity contribution in [1.82, 2.24) is 0 Å². The molecule has 13 saturated carbocycles. The fraction of sp³-hybridized carbons (Fsp3) is 0.714. The molecular weight excluding hydrogens is 2480 g/mol. The Morgan fingerprint density at radius 2 is 0.514 bits per heavy atom. The standard InChI is InChI=1S/C28H30.C22H30.C20H34.C15H32NSi.C10H20.C9H18.2C5H10.C2H3.10CH3.12ClH.Ti.5Zr/c1-5-13-23-19(9-1)20-10-2-6-14-24(20)27(23)17-18-28-25-15-7-3-11-21(25)22-12-4-8-16-26(22)28;1-15-9-8-14-20(15)22(2,3)21-18-12-6-4-10-16(18)17-11-5-7-13-19(17)21;1-3-7-19-15(5-1)9-11-17(19)13-14-18-12-10-16-6-2-4-8-20(16)18;1-10-11(2)13(4)14(12(10)3)17(8,9)16-15(5,6)7;1-6-7(2)9(4)10(5)8(6)3;1-6-5-7(2)9(4)8(6)3;2*1-2-4-5-3-1;1-2;;;;;;;;;;;;;;;;;;;;;;;;;;;;/h1-16,19-28H,17-18H2;4-7,10-13,15-21H,8-9,14H2,1-3H3;15-20H,1-14H2;10-14H,1-9H3;6-10H,1-5H3;6-9H,5H2,1-4H3;2*1-5H2;1H,2H2;10*1H3;12*1H;;;;;;/q;;;-1;;;;;11*-1;;;;;;;;;;;;;+2;5*+4/p-12. The molecule has 0 aromatic rings. The Kier molecular flexibility index (Phi) is 97.6. The number of halogens is 12. The van der Waals surface area contributed by atoms with Crippen LogP contribution in [0.25, 0.3) is 4.98 Å². The van der Waals surface area contributed by atoms with Crippen LogP contribution in [0, 0.1) is 299 Å². The zero-order valence-electron chi connectivity index (χ0n) is 98.2. The van der Waals surface area contributed by atoms with E-state index in [1.165, 1.54) is 103 Å². The number of nitrogens with zero attached hydrogens (tertiary/aromatic N) is 1. The van der Waals surface area contributed by atoms with Gasteiger partial charge in [-0.15, -0.1) is 5.54 Å². The molecule has 0 aromatic carbocycles. The van der Waals surface area contributed by atoms with Crippen molar-refractivity contribution in [3.05, 3.63) is 238 Å². The fourth-order valence-corrected chi connectivity index (χ4v) is 36.5. The molecule has 840 valence electrons. The average Bonchev–Trinajstić information content (AvgIpc) is 1.55. The van der Waals surface area contributed by atoms with Crippen molar-refractivity contribution in [3.63, 3.8) is 0 Å². The normalized spacial score (nSPS) is 36.6. The first kappa shape index (κ1) is 162. The van der Waals surface area contributed by atoms with Crippen molar-refractivity contribution < 1.29 is 121 Å². The summed E-state index contributed by atoms with van der Waals surface area (Å²) in [5, 5.41) is 0. The summed E-state index contributed by atoms with van der Waals surface area (Å²) in [5.41, 5.74) is 1.42. The second-order valence-electron chi connectivity index (χ2n) is 47.0. The summed E-state index contributed by atoms with van der Waals surface area (Å²) in [6.07, 6.45) is 103. The first-order valence-electron chi connectivity index (χ1n) is 54.1. The van der Waals surface area contributed by atoms with Crippen molar-refractivity contribution in [1.29, 1.82) is 0 Å². The van der Waals surface area contributed by atoms with Gasteiger partial charge in [-0.1, -0.05) is 420 Å². The van der Waals surface area contributed by atoms with Gasteiger partial charge in [-0.25, -0.2) is 0 Å². The van der Waals surface area contributed by atoms with Gasteiger partial charge in [-0.2, -0.15) is 0 Å². The number of fused-ring (bicyclic) bond motifs is 11. The van der Waals surface area contributed by atoms with E-state index < -0.39 is 130 Å². The first-order valence-corrected chi connectivity index (χ1v) is 93.1. The van der Waals surface area contributed by atoms with E-state index in [1.807, 2.05) is 0 Å². The predicted molar refractivity (Wildman–Crippen MR) is 656 cm³/mol. The molecule has 19 aliphatic carbocycles. The van der Waals surface area contributed by atoms with Gasteiger partial charge in [-0.05, 0) is 296 Å². The van der Waals surface area contributed by atoms with E-state index in [2.05, 4.69) is 304 Å². The van der Waals surface area contributed by atoms with Crippen LogP contribution in [0.4, 0.5) is 0 Å². The number of hydrogen-bond acceptors (Lipinski definition) is 0. The van der Waals surface area contributed by atoms with Crippen LogP contribution in [-0.4, -0.2) is 13.8 Å². The van der Waals surface area contributed by atoms with Crippen LogP contribution in [0.5, 0.6) is 0 Å². The van der Waals surface area contributed by atoms with Gasteiger partial charge in [0.2, 0.25) is 0 Å². The molecule has 0 heterocycles. The Morgan fingerprint density at radius 3 is 0.740 bits per heavy atom. The molecule has 0 N–H and O–H groups in total. The van der Waals surface area contributed by atoms with Crippen molar-refractivity contribution >= 4 is 112 Å². The van der Waals surface area contributed by atoms with Crippen LogP contribution in [-0.2, 0) is 121 Å². The van der Waals surface area contributed by atoms with Gasteiger partial charge in [0.25, 0.3) is 0 Å². The third-order valence-corrected chi connectivity index (χ3v) is 42.9. The first-order chi connectivity index (χ1) is 65.1. The minimum atomic E-state index is -1.49. The number of hydrogen-bond donors (Lipinski definition) is 0. The van der Waals surface area contributed by atoms with Crippen LogP contribution in [0.2, 0.25) is 18.6 Å². The van der Waals surface area contributed by atoms with E-state index in [4.69, 9.17) is 109 Å². The average molecular weight is 2700 g/mol. The third kappa shape index (κ3) is 49.7. The maximum absolute atomic E-state index is 5.23. The molecule has 0 spiro atoms. The van der Waals surface area contributed by atoms with Gasteiger partial charge in [0.15, 0.2) is 0 Å². The quantitative estimate of drug-likeness (QED) is 0.153. The molecule has 1 nitrogen and oxygen atoms in total. The van der Waals surface area contributed by atoms with Gasteiger partial charge in [-0.3, -0.25) is 6.58 Å². The SMILES string of the molecule is C1=CC2C3C=CC=CC3C(CCC3C4C=CC=CC4C4C=CC=CC43)C2C=C1.C1CCC2C(C1)CCC2CCC1CCC2CCCCC21.C1CCCC1.C1CCCC1.CC1C(C)C(C)C(C)C1C.CC1C(C)C(C)C([Si](C)(C)[N-]C(C)(C)C)C1C.CC1CC(C)C(C)C1C.CC1CCCC1C(C)(C)C1C2C=CC=CC2C2C=CC=CC21.[CH-]=C.[CH3-].[CH3-].[CH3-].[CH3-].[CH3-].[CH3-].[CH3-].[CH3-].[CH3-].[CH3-].[Cl][Ti][Cl].[Cl][Zr+2][Cl].[Cl][Zr+2][Cl].[Cl][Zr+2][Cl].[Cl][Zr+2][Cl].[Cl][Zr+2][Cl]. The number of rotatable bonds is 10. The van der Waals surface area contributed by atoms with E-state index in [1.54, 1.807) is 89.9 Å². The Balaban J connectivity index is -0.000000384. The van der Waals surface area contributed by atoms with Crippen molar-refractivity contribution in [2.75, 3.05) is 0 Å². The molecule has 19 rings (SSSR count). The summed E-state index contributed by atoms with van der Waals surface area (Å²) >= 11 is -4.68. The summed E-state index contributed by atoms with van der Waals surface area (Å²) < 4.78 is 0. The third-order valence-electron chi connectivity index (χ3n) is 38.9. The molecule has 0 bridgehead atoms. The maximum atomic E-state index is 5.23. The molecule has 20 heteroatoms. The molecular formula is C126H217Cl12NSiTiZr5-2. The Labute approximate surface area is 1020 Å². The van der Waals surface area contributed by atoms with Crippen LogP contribution in [0.15, 0.2) is 152 Å². The van der Waals surface area contributed by atoms with E-state index in [-0.39, 0.29) is 79.8 Å². The van der Waals surface area contributed by atoms with Crippen molar-refractivity contribution in [3.8, 4) is 0 Å². The topological polar surface area (TPSA) is 14.1 Å². The summed E-state index contributed by atoms with van der Waals surface area (Å²) in [6, 6.07) is 0. The van der Waals surface area contributed by atoms with Gasteiger partial charge < -0.3 is 85.8 Å². The fourth-order valence-electron chi connectivity index (χ4n) is 31.4. The molecule has 0 aliphatic heterocycles. The van der Waals surface area contributed by atoms with E-state index in [0.29, 0.717) is 29.1 Å². The van der Waals surface area contributed by atoms with Crippen molar-refractivity contribution in [2.24, 2.45) is 218 Å². The predicted octanol–water partition coefficient (Wildman–Crippen LogP) is 47.1. The summed E-state index contributed by atoms with van der Waals surface area (Å²) in [5.74, 6) is 31.6. The van der Waals surface area contributed by atoms with Gasteiger partial charge >= 0.3 is 225 Å². The Hall–Kier alpha value is 5.41. The van der Waals surface area contributed by atoms with Gasteiger partial charge in [0.05, 0.1) is 0 Å². The molecule has 0 radical (unpaired) electrons. The number of allylic oxidation sites excluding steroid dienone is 24. The molecule has 0 saturated heterocycles. The van der Waals surface area contributed by atoms with Crippen LogP contribution in [0.3, 0.4) is 0 Å². The monoisotopic (exact) mass is 2690 g/mol. The van der Waals surface area contributed by atoms with Gasteiger partial charge in [0, 0.05) is 0 Å². The molecule has 28 atom stereocenters. The van der Waals surface area contributed by atoms with Crippen LogP contribution >= 0.6 is 104 Å². The Bertz CT molecular complexity index is 3280. The van der Waals surface area contributed by atoms with Crippen molar-refractivity contribution in [2.45, 2.75) is 348 Å².